The molecule has 1 N–H and O–H groups in total. The van der Waals surface area contributed by atoms with Gasteiger partial charge in [-0.25, -0.2) is 0 Å². The molecule has 0 saturated carbocycles. The number of nitrogens with zero attached hydrogens (tertiary/aromatic N) is 2. The summed E-state index contributed by atoms with van der Waals surface area (Å²) in [5.74, 6) is 0.855. The largest absolute Gasteiger partial charge is 0.489 e. The van der Waals surface area contributed by atoms with Crippen LogP contribution in [0.15, 0.2) is 79.1 Å². The van der Waals surface area contributed by atoms with Crippen LogP contribution in [0.25, 0.3) is 0 Å². The van der Waals surface area contributed by atoms with Crippen molar-refractivity contribution < 1.29 is 9.84 Å². The van der Waals surface area contributed by atoms with Crippen LogP contribution in [0, 0.1) is 0 Å². The van der Waals surface area contributed by atoms with Gasteiger partial charge in [0.05, 0.1) is 0 Å². The van der Waals surface area contributed by atoms with Crippen molar-refractivity contribution >= 4 is 12.4 Å². The SMILES string of the molecule is Cl.OC1(c2ccccc2)CCN(Cc2cccc(OCc3cccnc3)c2)C1. The van der Waals surface area contributed by atoms with E-state index in [0.29, 0.717) is 13.2 Å². The molecule has 1 atom stereocenters. The van der Waals surface area contributed by atoms with Gasteiger partial charge in [-0.2, -0.15) is 0 Å². The third-order valence-electron chi connectivity index (χ3n) is 5.07. The molecule has 28 heavy (non-hydrogen) atoms. The van der Waals surface area contributed by atoms with Gasteiger partial charge in [-0.1, -0.05) is 48.5 Å². The maximum atomic E-state index is 11.0. The number of ether oxygens (including phenoxy) is 1. The molecule has 1 unspecified atom stereocenters. The molecular weight excluding hydrogens is 372 g/mol. The second-order valence-electron chi connectivity index (χ2n) is 7.16. The van der Waals surface area contributed by atoms with Crippen molar-refractivity contribution in [3.8, 4) is 5.75 Å². The van der Waals surface area contributed by atoms with Gasteiger partial charge < -0.3 is 9.84 Å². The molecule has 0 aliphatic carbocycles. The fraction of sp³-hybridized carbons (Fsp3) is 0.261. The number of aromatic nitrogens is 1. The van der Waals surface area contributed by atoms with Crippen molar-refractivity contribution in [3.05, 3.63) is 95.8 Å². The van der Waals surface area contributed by atoms with Gasteiger partial charge in [-0.05, 0) is 35.7 Å². The average molecular weight is 397 g/mol. The van der Waals surface area contributed by atoms with Crippen molar-refractivity contribution in [1.29, 1.82) is 0 Å². The third kappa shape index (κ3) is 4.90. The third-order valence-corrected chi connectivity index (χ3v) is 5.07. The monoisotopic (exact) mass is 396 g/mol. The zero-order valence-corrected chi connectivity index (χ0v) is 16.5. The molecule has 2 heterocycles. The van der Waals surface area contributed by atoms with E-state index >= 15 is 0 Å². The number of pyridine rings is 1. The standard InChI is InChI=1S/C23H24N2O2.ClH/c26-23(21-8-2-1-3-9-21)11-13-25(18-23)16-19-6-4-10-22(14-19)27-17-20-7-5-12-24-15-20;/h1-10,12,14-15,26H,11,13,16-18H2;1H. The van der Waals surface area contributed by atoms with E-state index in [1.807, 2.05) is 60.8 Å². The van der Waals surface area contributed by atoms with Crippen LogP contribution in [0.1, 0.15) is 23.1 Å². The van der Waals surface area contributed by atoms with Crippen LogP contribution < -0.4 is 4.74 Å². The number of hydrogen-bond acceptors (Lipinski definition) is 4. The van der Waals surface area contributed by atoms with Gasteiger partial charge in [0.25, 0.3) is 0 Å². The van der Waals surface area contributed by atoms with E-state index < -0.39 is 5.60 Å². The molecule has 1 aromatic heterocycles. The van der Waals surface area contributed by atoms with Gasteiger partial charge in [0.1, 0.15) is 18.0 Å². The molecule has 1 fully saturated rings. The quantitative estimate of drug-likeness (QED) is 0.679. The number of likely N-dealkylation sites (tertiary alicyclic amines) is 1. The highest BCUT2D eigenvalue weighted by atomic mass is 35.5. The summed E-state index contributed by atoms with van der Waals surface area (Å²) in [6, 6.07) is 22.1. The minimum atomic E-state index is -0.754. The number of benzene rings is 2. The van der Waals surface area contributed by atoms with Crippen LogP contribution in [0.5, 0.6) is 5.75 Å². The summed E-state index contributed by atoms with van der Waals surface area (Å²) in [4.78, 5) is 6.41. The molecule has 146 valence electrons. The van der Waals surface area contributed by atoms with Crippen molar-refractivity contribution in [1.82, 2.24) is 9.88 Å². The van der Waals surface area contributed by atoms with Crippen LogP contribution in [0.3, 0.4) is 0 Å². The summed E-state index contributed by atoms with van der Waals surface area (Å²) < 4.78 is 5.90. The number of rotatable bonds is 6. The van der Waals surface area contributed by atoms with Crippen molar-refractivity contribution in [2.75, 3.05) is 13.1 Å². The minimum absolute atomic E-state index is 0. The van der Waals surface area contributed by atoms with Crippen molar-refractivity contribution in [2.45, 2.75) is 25.2 Å². The van der Waals surface area contributed by atoms with Gasteiger partial charge in [-0.15, -0.1) is 12.4 Å². The Morgan fingerprint density at radius 2 is 1.82 bits per heavy atom. The van der Waals surface area contributed by atoms with Gasteiger partial charge in [-0.3, -0.25) is 9.88 Å². The van der Waals surface area contributed by atoms with E-state index in [4.69, 9.17) is 4.74 Å². The Balaban J connectivity index is 0.00000225. The second kappa shape index (κ2) is 9.20. The predicted octanol–water partition coefficient (Wildman–Crippen LogP) is 4.18. The summed E-state index contributed by atoms with van der Waals surface area (Å²) in [7, 11) is 0. The van der Waals surface area contributed by atoms with Crippen LogP contribution >= 0.6 is 12.4 Å². The highest BCUT2D eigenvalue weighted by Crippen LogP contribution is 2.32. The van der Waals surface area contributed by atoms with E-state index in [1.54, 1.807) is 6.20 Å². The summed E-state index contributed by atoms with van der Waals surface area (Å²) >= 11 is 0. The lowest BCUT2D eigenvalue weighted by atomic mass is 9.93. The highest BCUT2D eigenvalue weighted by Gasteiger charge is 2.37. The molecule has 2 aromatic carbocycles. The normalized spacial score (nSPS) is 19.2. The number of halogens is 1. The molecule has 1 saturated heterocycles. The lowest BCUT2D eigenvalue weighted by molar-refractivity contribution is 0.0453. The Hall–Kier alpha value is -2.40. The Bertz CT molecular complexity index is 876. The fourth-order valence-corrected chi connectivity index (χ4v) is 3.63. The molecule has 0 amide bonds. The molecule has 5 heteroatoms. The van der Waals surface area contributed by atoms with Crippen molar-refractivity contribution in [2.24, 2.45) is 0 Å². The highest BCUT2D eigenvalue weighted by molar-refractivity contribution is 5.85. The zero-order chi connectivity index (χ0) is 18.5. The molecule has 0 spiro atoms. The topological polar surface area (TPSA) is 45.6 Å². The van der Waals surface area contributed by atoms with E-state index in [0.717, 1.165) is 36.4 Å². The first-order chi connectivity index (χ1) is 13.2. The number of aliphatic hydroxyl groups is 1. The maximum Gasteiger partial charge on any atom is 0.120 e. The first-order valence-electron chi connectivity index (χ1n) is 9.32. The lowest BCUT2D eigenvalue weighted by Crippen LogP contribution is -2.30. The van der Waals surface area contributed by atoms with Gasteiger partial charge in [0, 0.05) is 37.6 Å². The minimum Gasteiger partial charge on any atom is -0.489 e. The van der Waals surface area contributed by atoms with Crippen LogP contribution in [-0.2, 0) is 18.8 Å². The molecule has 3 aromatic rings. The van der Waals surface area contributed by atoms with Crippen LogP contribution in [-0.4, -0.2) is 28.1 Å². The molecular formula is C23H25ClN2O2. The molecule has 1 aliphatic heterocycles. The first-order valence-corrected chi connectivity index (χ1v) is 9.32. The van der Waals surface area contributed by atoms with Gasteiger partial charge >= 0.3 is 0 Å². The van der Waals surface area contributed by atoms with Gasteiger partial charge in [0.2, 0.25) is 0 Å². The van der Waals surface area contributed by atoms with E-state index in [1.165, 1.54) is 5.56 Å². The molecule has 0 bridgehead atoms. The smallest absolute Gasteiger partial charge is 0.120 e. The Labute approximate surface area is 172 Å². The Morgan fingerprint density at radius 1 is 1.00 bits per heavy atom. The molecule has 4 rings (SSSR count). The summed E-state index contributed by atoms with van der Waals surface area (Å²) in [5.41, 5.74) is 2.49. The molecule has 0 radical (unpaired) electrons. The number of β-amino-alcohol motifs (C(OH)–C–C–N with tert-alkyl or cyclic N) is 1. The second-order valence-corrected chi connectivity index (χ2v) is 7.16. The summed E-state index contributed by atoms with van der Waals surface area (Å²) in [6.07, 6.45) is 4.34. The first kappa shape index (κ1) is 20.3. The lowest BCUT2D eigenvalue weighted by Gasteiger charge is -2.24. The van der Waals surface area contributed by atoms with Crippen molar-refractivity contribution in [3.63, 3.8) is 0 Å². The number of hydrogen-bond donors (Lipinski definition) is 1. The predicted molar refractivity (Wildman–Crippen MR) is 112 cm³/mol. The summed E-state index contributed by atoms with van der Waals surface area (Å²) in [5, 5.41) is 11.0. The molecule has 1 aliphatic rings. The Morgan fingerprint density at radius 3 is 2.61 bits per heavy atom. The average Bonchev–Trinajstić information content (AvgIpc) is 3.10. The molecule has 4 nitrogen and oxygen atoms in total. The van der Waals surface area contributed by atoms with E-state index in [-0.39, 0.29) is 12.4 Å². The van der Waals surface area contributed by atoms with Crippen LogP contribution in [0.2, 0.25) is 0 Å². The van der Waals surface area contributed by atoms with E-state index in [9.17, 15) is 5.11 Å². The maximum absolute atomic E-state index is 11.0. The van der Waals surface area contributed by atoms with Crippen LogP contribution in [0.4, 0.5) is 0 Å². The Kier molecular flexibility index (Phi) is 6.68. The van der Waals surface area contributed by atoms with Gasteiger partial charge in [0.15, 0.2) is 0 Å². The van der Waals surface area contributed by atoms with E-state index in [2.05, 4.69) is 22.0 Å². The summed E-state index contributed by atoms with van der Waals surface area (Å²) in [6.45, 7) is 2.85. The fourth-order valence-electron chi connectivity index (χ4n) is 3.63. The zero-order valence-electron chi connectivity index (χ0n) is 15.7.